The maximum absolute atomic E-state index is 8.72. The number of nitrogens with two attached hydrogens (primary N) is 2. The van der Waals surface area contributed by atoms with E-state index in [4.69, 9.17) is 52.3 Å². The van der Waals surface area contributed by atoms with Crippen LogP contribution in [0.1, 0.15) is 48.0 Å². The molecule has 0 aromatic rings. The van der Waals surface area contributed by atoms with Gasteiger partial charge in [-0.2, -0.15) is 0 Å². The first-order valence-electron chi connectivity index (χ1n) is 10.9. The zero-order valence-electron chi connectivity index (χ0n) is 20.4. The fraction of sp³-hybridized carbons (Fsp3) is 1.00. The molecular weight excluding hydrogens is 436 g/mol. The summed E-state index contributed by atoms with van der Waals surface area (Å²) in [5.41, 5.74) is 8.57. The Morgan fingerprint density at radius 2 is 1.03 bits per heavy atom. The Labute approximate surface area is 200 Å². The number of rotatable bonds is 14. The Kier molecular flexibility index (Phi) is 38.2. The lowest BCUT2D eigenvalue weighted by molar-refractivity contribution is 0.0697. The number of aliphatic hydroxyl groups excluding tert-OH is 8. The van der Waals surface area contributed by atoms with Crippen LogP contribution < -0.4 is 22.1 Å². The molecule has 0 radical (unpaired) electrons. The summed E-state index contributed by atoms with van der Waals surface area (Å²) in [6, 6.07) is 0. The highest BCUT2D eigenvalue weighted by molar-refractivity contribution is 4.80. The summed E-state index contributed by atoms with van der Waals surface area (Å²) in [4.78, 5) is 0. The van der Waals surface area contributed by atoms with Crippen molar-refractivity contribution in [2.75, 3.05) is 65.8 Å². The maximum Gasteiger partial charge on any atom is 0.0856 e. The van der Waals surface area contributed by atoms with Crippen molar-refractivity contribution in [3.63, 3.8) is 0 Å². The smallest absolute Gasteiger partial charge is 0.0856 e. The molecule has 0 aromatic carbocycles. The molecule has 0 saturated carbocycles. The van der Waals surface area contributed by atoms with Crippen molar-refractivity contribution >= 4 is 0 Å². The molecule has 0 heterocycles. The van der Waals surface area contributed by atoms with Gasteiger partial charge in [0.2, 0.25) is 0 Å². The second-order valence-corrected chi connectivity index (χ2v) is 7.70. The molecule has 0 aliphatic heterocycles. The molecule has 0 amide bonds. The monoisotopic (exact) mass is 492 g/mol. The van der Waals surface area contributed by atoms with E-state index in [-0.39, 0.29) is 39.5 Å². The Morgan fingerprint density at radius 3 is 1.18 bits per heavy atom. The van der Waals surface area contributed by atoms with E-state index in [1.165, 1.54) is 0 Å². The van der Waals surface area contributed by atoms with Gasteiger partial charge in [-0.05, 0) is 33.2 Å². The highest BCUT2D eigenvalue weighted by Gasteiger charge is 2.20. The van der Waals surface area contributed by atoms with E-state index in [2.05, 4.69) is 17.6 Å². The van der Waals surface area contributed by atoms with Gasteiger partial charge < -0.3 is 63.0 Å². The number of aliphatic hydroxyl groups is 8. The van der Waals surface area contributed by atoms with Crippen molar-refractivity contribution in [3.05, 3.63) is 0 Å². The van der Waals surface area contributed by atoms with Crippen molar-refractivity contribution in [1.82, 2.24) is 10.6 Å². The fourth-order valence-corrected chi connectivity index (χ4v) is 1.31. The van der Waals surface area contributed by atoms with Crippen LogP contribution in [0.2, 0.25) is 0 Å². The van der Waals surface area contributed by atoms with Gasteiger partial charge >= 0.3 is 0 Å². The van der Waals surface area contributed by atoms with Crippen molar-refractivity contribution < 1.29 is 40.9 Å². The van der Waals surface area contributed by atoms with Gasteiger partial charge in [-0.25, -0.2) is 0 Å². The van der Waals surface area contributed by atoms with Gasteiger partial charge in [-0.3, -0.25) is 0 Å². The molecule has 2 atom stereocenters. The second kappa shape index (κ2) is 29.6. The van der Waals surface area contributed by atoms with Crippen LogP contribution in [0, 0.1) is 0 Å². The first kappa shape index (κ1) is 42.7. The van der Waals surface area contributed by atoms with Crippen molar-refractivity contribution in [2.45, 2.75) is 71.2 Å². The molecule has 2 unspecified atom stereocenters. The van der Waals surface area contributed by atoms with Gasteiger partial charge in [-0.1, -0.05) is 21.3 Å². The minimum absolute atomic E-state index is 0. The highest BCUT2D eigenvalue weighted by atomic mass is 16.3. The average molecular weight is 493 g/mol. The van der Waals surface area contributed by atoms with Crippen LogP contribution >= 0.6 is 0 Å². The topological polar surface area (TPSA) is 238 Å². The minimum Gasteiger partial charge on any atom is -0.395 e. The first-order valence-corrected chi connectivity index (χ1v) is 10.9. The largest absolute Gasteiger partial charge is 0.395 e. The van der Waals surface area contributed by atoms with Crippen LogP contribution in [0.25, 0.3) is 0 Å². The third kappa shape index (κ3) is 36.3. The zero-order valence-corrected chi connectivity index (χ0v) is 20.4. The average Bonchev–Trinajstić information content (AvgIpc) is 2.79. The van der Waals surface area contributed by atoms with Crippen LogP contribution in [0.5, 0.6) is 0 Å². The van der Waals surface area contributed by atoms with Gasteiger partial charge in [0.05, 0.1) is 62.9 Å². The van der Waals surface area contributed by atoms with Crippen LogP contribution in [0.4, 0.5) is 0 Å². The predicted octanol–water partition coefficient (Wildman–Crippen LogP) is -3.31. The molecule has 208 valence electrons. The van der Waals surface area contributed by atoms with Crippen LogP contribution in [-0.4, -0.2) is 130 Å². The number of nitrogens with one attached hydrogen (secondary N) is 2. The van der Waals surface area contributed by atoms with Crippen LogP contribution in [-0.2, 0) is 0 Å². The molecule has 0 aliphatic rings. The zero-order chi connectivity index (χ0) is 26.1. The van der Waals surface area contributed by atoms with Crippen LogP contribution in [0.15, 0.2) is 0 Å². The quantitative estimate of drug-likeness (QED) is 0.107. The normalized spacial score (nSPS) is 12.5. The van der Waals surface area contributed by atoms with Crippen molar-refractivity contribution in [3.8, 4) is 0 Å². The summed E-state index contributed by atoms with van der Waals surface area (Å²) >= 11 is 0. The minimum atomic E-state index is -1.21. The predicted molar refractivity (Wildman–Crippen MR) is 133 cm³/mol. The van der Waals surface area contributed by atoms with E-state index < -0.39 is 30.9 Å². The molecule has 12 nitrogen and oxygen atoms in total. The summed E-state index contributed by atoms with van der Waals surface area (Å²) in [6.45, 7) is 8.91. The lowest BCUT2D eigenvalue weighted by Crippen LogP contribution is -2.50. The number of hydrogen-bond donors (Lipinski definition) is 12. The fourth-order valence-electron chi connectivity index (χ4n) is 1.31. The second-order valence-electron chi connectivity index (χ2n) is 7.70. The van der Waals surface area contributed by atoms with Gasteiger partial charge in [0.1, 0.15) is 0 Å². The maximum atomic E-state index is 8.72. The molecule has 0 fully saturated rings. The van der Waals surface area contributed by atoms with E-state index in [1.54, 1.807) is 13.8 Å². The summed E-state index contributed by atoms with van der Waals surface area (Å²) in [5.74, 6) is 0. The SMILES string of the molecule is C.CC(O)CNCC(C)O.CCC(N)(CO)CO.CCCNCCO.NC(CO)(CO)CO. The van der Waals surface area contributed by atoms with E-state index in [1.807, 2.05) is 6.92 Å². The Bertz CT molecular complexity index is 300. The number of hydrogen-bond acceptors (Lipinski definition) is 12. The molecule has 0 bridgehead atoms. The summed E-state index contributed by atoms with van der Waals surface area (Å²) in [7, 11) is 0. The summed E-state index contributed by atoms with van der Waals surface area (Å²) in [6.07, 6.45) is 1.08. The summed E-state index contributed by atoms with van der Waals surface area (Å²) in [5, 5.41) is 73.6. The molecule has 0 rings (SSSR count). The third-order valence-electron chi connectivity index (χ3n) is 3.87. The van der Waals surface area contributed by atoms with E-state index in [0.717, 1.165) is 19.5 Å². The van der Waals surface area contributed by atoms with E-state index in [9.17, 15) is 0 Å². The molecule has 14 N–H and O–H groups in total. The standard InChI is InChI=1S/C6H15NO2.C5H13NO2.C5H13NO.C4H11NO3.CH4/c1-5(8)3-7-4-6(2)9;1-2-5(6,3-7)4-8;1-2-3-6-4-5-7;5-4(1-6,2-7)3-8;/h5-9H,3-4H2,1-2H3;7-8H,2-4,6H2,1H3;6-7H,2-5H2,1H3;6-8H,1-3,5H2;1H4. The Morgan fingerprint density at radius 1 is 0.667 bits per heavy atom. The molecule has 0 spiro atoms. The Hall–Kier alpha value is -0.480. The lowest BCUT2D eigenvalue weighted by Gasteiger charge is -2.21. The van der Waals surface area contributed by atoms with Crippen LogP contribution in [0.3, 0.4) is 0 Å². The molecule has 0 aliphatic carbocycles. The first-order chi connectivity index (χ1) is 14.9. The third-order valence-corrected chi connectivity index (χ3v) is 3.87. The van der Waals surface area contributed by atoms with Gasteiger partial charge in [0.25, 0.3) is 0 Å². The van der Waals surface area contributed by atoms with Gasteiger partial charge in [-0.15, -0.1) is 0 Å². The van der Waals surface area contributed by atoms with Crippen molar-refractivity contribution in [2.24, 2.45) is 11.5 Å². The van der Waals surface area contributed by atoms with Gasteiger partial charge in [0, 0.05) is 19.6 Å². The Balaban J connectivity index is -0.000000105. The molecular formula is C21H56N4O8. The molecule has 0 saturated heterocycles. The molecule has 0 aromatic heterocycles. The molecule has 33 heavy (non-hydrogen) atoms. The molecule has 12 heteroatoms. The lowest BCUT2D eigenvalue weighted by atomic mass is 10.0. The van der Waals surface area contributed by atoms with E-state index >= 15 is 0 Å². The van der Waals surface area contributed by atoms with Crippen molar-refractivity contribution in [1.29, 1.82) is 0 Å². The summed E-state index contributed by atoms with van der Waals surface area (Å²) < 4.78 is 0. The highest BCUT2D eigenvalue weighted by Crippen LogP contribution is 2.01. The van der Waals surface area contributed by atoms with E-state index in [0.29, 0.717) is 19.5 Å². The van der Waals surface area contributed by atoms with Gasteiger partial charge in [0.15, 0.2) is 0 Å².